The minimum atomic E-state index is -4.53. The van der Waals surface area contributed by atoms with Crippen LogP contribution in [0.2, 0.25) is 0 Å². The number of halogens is 3. The Labute approximate surface area is 150 Å². The average Bonchev–Trinajstić information content (AvgIpc) is 3.05. The van der Waals surface area contributed by atoms with Crippen molar-refractivity contribution in [1.82, 2.24) is 15.5 Å². The van der Waals surface area contributed by atoms with E-state index in [1.165, 1.54) is 6.07 Å². The summed E-state index contributed by atoms with van der Waals surface area (Å²) in [5, 5.41) is 9.86. The van der Waals surface area contributed by atoms with Crippen molar-refractivity contribution < 1.29 is 31.9 Å². The second-order valence-electron chi connectivity index (χ2n) is 4.82. The molecule has 0 radical (unpaired) electrons. The number of ether oxygens (including phenoxy) is 1. The van der Waals surface area contributed by atoms with Crippen LogP contribution in [-0.4, -0.2) is 34.4 Å². The van der Waals surface area contributed by atoms with Crippen LogP contribution < -0.4 is 5.32 Å². The number of thioether (sulfide) groups is 1. The van der Waals surface area contributed by atoms with E-state index in [0.717, 1.165) is 30.0 Å². The standard InChI is InChI=1S/C15H14F3N3O4S/c1-2-24-12(22)8-26-14-21-20-11(25-14)7-19-13(23)9-4-3-5-10(6-9)15(16,17)18/h3-6H,2,7-8H2,1H3,(H,19,23). The first-order valence-corrected chi connectivity index (χ1v) is 8.34. The first-order valence-electron chi connectivity index (χ1n) is 7.36. The fourth-order valence-corrected chi connectivity index (χ4v) is 2.36. The SMILES string of the molecule is CCOC(=O)CSc1nnc(CNC(=O)c2cccc(C(F)(F)F)c2)o1. The van der Waals surface area contributed by atoms with Crippen molar-refractivity contribution in [3.05, 3.63) is 41.3 Å². The number of benzene rings is 1. The lowest BCUT2D eigenvalue weighted by Gasteiger charge is -2.08. The molecule has 140 valence electrons. The van der Waals surface area contributed by atoms with Crippen LogP contribution in [0.5, 0.6) is 0 Å². The molecule has 0 aliphatic carbocycles. The molecule has 0 aliphatic heterocycles. The molecule has 0 saturated carbocycles. The van der Waals surface area contributed by atoms with E-state index in [1.54, 1.807) is 6.92 Å². The van der Waals surface area contributed by atoms with Crippen molar-refractivity contribution in [3.63, 3.8) is 0 Å². The van der Waals surface area contributed by atoms with Crippen molar-refractivity contribution in [2.75, 3.05) is 12.4 Å². The highest BCUT2D eigenvalue weighted by molar-refractivity contribution is 7.99. The van der Waals surface area contributed by atoms with E-state index in [2.05, 4.69) is 15.5 Å². The van der Waals surface area contributed by atoms with E-state index < -0.39 is 23.6 Å². The van der Waals surface area contributed by atoms with E-state index in [4.69, 9.17) is 9.15 Å². The fraction of sp³-hybridized carbons (Fsp3) is 0.333. The van der Waals surface area contributed by atoms with Gasteiger partial charge in [0.05, 0.1) is 18.7 Å². The average molecular weight is 389 g/mol. The Morgan fingerprint density at radius 1 is 1.31 bits per heavy atom. The lowest BCUT2D eigenvalue weighted by Crippen LogP contribution is -2.23. The summed E-state index contributed by atoms with van der Waals surface area (Å²) in [6, 6.07) is 4.04. The Bertz CT molecular complexity index is 779. The number of rotatable bonds is 7. The van der Waals surface area contributed by atoms with Gasteiger partial charge in [-0.2, -0.15) is 13.2 Å². The summed E-state index contributed by atoms with van der Waals surface area (Å²) in [6.45, 7) is 1.78. The maximum atomic E-state index is 12.7. The van der Waals surface area contributed by atoms with E-state index in [-0.39, 0.29) is 35.6 Å². The van der Waals surface area contributed by atoms with Gasteiger partial charge in [-0.3, -0.25) is 9.59 Å². The molecule has 1 amide bonds. The molecular weight excluding hydrogens is 375 g/mol. The molecule has 2 rings (SSSR count). The van der Waals surface area contributed by atoms with Crippen LogP contribution in [0, 0.1) is 0 Å². The lowest BCUT2D eigenvalue weighted by molar-refractivity contribution is -0.140. The third-order valence-electron chi connectivity index (χ3n) is 2.92. The summed E-state index contributed by atoms with van der Waals surface area (Å²) in [7, 11) is 0. The Balaban J connectivity index is 1.89. The van der Waals surface area contributed by atoms with Gasteiger partial charge < -0.3 is 14.5 Å². The highest BCUT2D eigenvalue weighted by Crippen LogP contribution is 2.29. The predicted octanol–water partition coefficient (Wildman–Crippen LogP) is 2.67. The topological polar surface area (TPSA) is 94.3 Å². The third kappa shape index (κ3) is 5.76. The van der Waals surface area contributed by atoms with Crippen LogP contribution in [0.25, 0.3) is 0 Å². The number of esters is 1. The summed E-state index contributed by atoms with van der Waals surface area (Å²) in [5.74, 6) is -1.10. The first kappa shape index (κ1) is 19.8. The highest BCUT2D eigenvalue weighted by atomic mass is 32.2. The maximum Gasteiger partial charge on any atom is 0.416 e. The zero-order chi connectivity index (χ0) is 19.2. The molecule has 0 fully saturated rings. The number of alkyl halides is 3. The van der Waals surface area contributed by atoms with Crippen LogP contribution in [0.15, 0.2) is 33.9 Å². The largest absolute Gasteiger partial charge is 0.465 e. The number of amides is 1. The quantitative estimate of drug-likeness (QED) is 0.575. The summed E-state index contributed by atoms with van der Waals surface area (Å²) in [6.07, 6.45) is -4.53. The molecule has 7 nitrogen and oxygen atoms in total. The number of aromatic nitrogens is 2. The molecule has 26 heavy (non-hydrogen) atoms. The Morgan fingerprint density at radius 2 is 2.08 bits per heavy atom. The predicted molar refractivity (Wildman–Crippen MR) is 84.3 cm³/mol. The smallest absolute Gasteiger partial charge is 0.416 e. The van der Waals surface area contributed by atoms with Gasteiger partial charge in [0.1, 0.15) is 5.75 Å². The van der Waals surface area contributed by atoms with Crippen molar-refractivity contribution >= 4 is 23.6 Å². The number of carbonyl (C=O) groups is 2. The van der Waals surface area contributed by atoms with Gasteiger partial charge in [-0.05, 0) is 25.1 Å². The van der Waals surface area contributed by atoms with Crippen LogP contribution in [0.3, 0.4) is 0 Å². The normalized spacial score (nSPS) is 11.2. The van der Waals surface area contributed by atoms with Gasteiger partial charge in [-0.1, -0.05) is 17.8 Å². The minimum Gasteiger partial charge on any atom is -0.465 e. The second kappa shape index (κ2) is 8.70. The third-order valence-corrected chi connectivity index (χ3v) is 3.71. The number of hydrogen-bond acceptors (Lipinski definition) is 7. The van der Waals surface area contributed by atoms with Crippen LogP contribution >= 0.6 is 11.8 Å². The van der Waals surface area contributed by atoms with Gasteiger partial charge >= 0.3 is 12.1 Å². The summed E-state index contributed by atoms with van der Waals surface area (Å²) in [4.78, 5) is 23.2. The van der Waals surface area contributed by atoms with Gasteiger partial charge in [-0.15, -0.1) is 10.2 Å². The number of nitrogens with one attached hydrogen (secondary N) is 1. The molecule has 11 heteroatoms. The zero-order valence-corrected chi connectivity index (χ0v) is 14.3. The minimum absolute atomic E-state index is 0.00787. The maximum absolute atomic E-state index is 12.7. The molecule has 0 saturated heterocycles. The monoisotopic (exact) mass is 389 g/mol. The Morgan fingerprint density at radius 3 is 2.77 bits per heavy atom. The number of nitrogens with zero attached hydrogens (tertiary/aromatic N) is 2. The molecule has 1 N–H and O–H groups in total. The second-order valence-corrected chi connectivity index (χ2v) is 5.74. The summed E-state index contributed by atoms with van der Waals surface area (Å²) < 4.78 is 47.9. The summed E-state index contributed by atoms with van der Waals surface area (Å²) >= 11 is 0.972. The van der Waals surface area contributed by atoms with E-state index in [1.807, 2.05) is 0 Å². The molecule has 0 spiro atoms. The van der Waals surface area contributed by atoms with Crippen LogP contribution in [0.1, 0.15) is 28.7 Å². The van der Waals surface area contributed by atoms with E-state index in [0.29, 0.717) is 0 Å². The first-order chi connectivity index (χ1) is 12.3. The van der Waals surface area contributed by atoms with Crippen molar-refractivity contribution in [2.24, 2.45) is 0 Å². The van der Waals surface area contributed by atoms with Crippen LogP contribution in [0.4, 0.5) is 13.2 Å². The Hall–Kier alpha value is -2.56. The highest BCUT2D eigenvalue weighted by Gasteiger charge is 2.30. The molecule has 2 aromatic rings. The summed E-state index contributed by atoms with van der Waals surface area (Å²) in [5.41, 5.74) is -1.06. The molecule has 1 aromatic carbocycles. The van der Waals surface area contributed by atoms with Crippen molar-refractivity contribution in [3.8, 4) is 0 Å². The molecule has 1 heterocycles. The number of carbonyl (C=O) groups excluding carboxylic acids is 2. The zero-order valence-electron chi connectivity index (χ0n) is 13.5. The van der Waals surface area contributed by atoms with Gasteiger partial charge in [0.2, 0.25) is 5.89 Å². The molecule has 0 bridgehead atoms. The molecule has 0 aliphatic rings. The van der Waals surface area contributed by atoms with Crippen LogP contribution in [-0.2, 0) is 22.3 Å². The molecule has 1 aromatic heterocycles. The van der Waals surface area contributed by atoms with Crippen molar-refractivity contribution in [1.29, 1.82) is 0 Å². The lowest BCUT2D eigenvalue weighted by atomic mass is 10.1. The van der Waals surface area contributed by atoms with Gasteiger partial charge in [0, 0.05) is 5.56 Å². The number of hydrogen-bond donors (Lipinski definition) is 1. The molecular formula is C15H14F3N3O4S. The molecule has 0 atom stereocenters. The van der Waals surface area contributed by atoms with Gasteiger partial charge in [-0.25, -0.2) is 0 Å². The van der Waals surface area contributed by atoms with E-state index in [9.17, 15) is 22.8 Å². The fourth-order valence-electron chi connectivity index (χ4n) is 1.79. The van der Waals surface area contributed by atoms with E-state index >= 15 is 0 Å². The van der Waals surface area contributed by atoms with Gasteiger partial charge in [0.15, 0.2) is 0 Å². The molecule has 0 unspecified atom stereocenters. The Kier molecular flexibility index (Phi) is 6.61. The van der Waals surface area contributed by atoms with Gasteiger partial charge in [0.25, 0.3) is 11.1 Å². The van der Waals surface area contributed by atoms with Crippen molar-refractivity contribution in [2.45, 2.75) is 24.9 Å².